The summed E-state index contributed by atoms with van der Waals surface area (Å²) in [5, 5.41) is 8.95. The van der Waals surface area contributed by atoms with E-state index < -0.39 is 10.0 Å². The van der Waals surface area contributed by atoms with Crippen LogP contribution >= 0.6 is 11.6 Å². The van der Waals surface area contributed by atoms with Gasteiger partial charge in [0.1, 0.15) is 4.90 Å². The number of nitrogen functional groups attached to an aromatic ring is 1. The Hall–Kier alpha value is -1.76. The summed E-state index contributed by atoms with van der Waals surface area (Å²) >= 11 is 5.91. The van der Waals surface area contributed by atoms with Gasteiger partial charge in [0.15, 0.2) is 0 Å². The van der Waals surface area contributed by atoms with Gasteiger partial charge < -0.3 is 10.8 Å². The minimum absolute atomic E-state index is 0.0456. The molecule has 0 aliphatic heterocycles. The fourth-order valence-electron chi connectivity index (χ4n) is 1.80. The minimum Gasteiger partial charge on any atom is -0.399 e. The molecule has 2 aromatic carbocycles. The van der Waals surface area contributed by atoms with Crippen LogP contribution in [-0.2, 0) is 16.4 Å². The highest BCUT2D eigenvalue weighted by Crippen LogP contribution is 2.25. The van der Waals surface area contributed by atoms with Crippen molar-refractivity contribution in [1.29, 1.82) is 0 Å². The average molecular weight is 327 g/mol. The number of nitrogens with one attached hydrogen (secondary N) is 1. The molecule has 0 saturated heterocycles. The first kappa shape index (κ1) is 15.6. The lowest BCUT2D eigenvalue weighted by Crippen LogP contribution is -2.13. The molecule has 112 valence electrons. The normalized spacial score (nSPS) is 11.3. The third kappa shape index (κ3) is 3.87. The van der Waals surface area contributed by atoms with Crippen molar-refractivity contribution in [3.05, 3.63) is 53.1 Å². The second kappa shape index (κ2) is 6.34. The number of nitrogens with two attached hydrogens (primary N) is 1. The van der Waals surface area contributed by atoms with Gasteiger partial charge in [-0.2, -0.15) is 0 Å². The standard InChI is InChI=1S/C14H15ClN2O3S/c15-13-6-3-11(16)9-14(13)21(19,20)17-12-4-1-10(2-5-12)7-8-18/h1-6,9,17-18H,7-8,16H2. The van der Waals surface area contributed by atoms with Crippen LogP contribution < -0.4 is 10.5 Å². The predicted octanol–water partition coefficient (Wildman–Crippen LogP) is 2.26. The van der Waals surface area contributed by atoms with Gasteiger partial charge in [-0.05, 0) is 42.3 Å². The largest absolute Gasteiger partial charge is 0.399 e. The summed E-state index contributed by atoms with van der Waals surface area (Å²) in [6, 6.07) is 11.0. The van der Waals surface area contributed by atoms with Crippen molar-refractivity contribution in [3.63, 3.8) is 0 Å². The van der Waals surface area contributed by atoms with Gasteiger partial charge in [0.25, 0.3) is 10.0 Å². The van der Waals surface area contributed by atoms with E-state index in [1.807, 2.05) is 0 Å². The average Bonchev–Trinajstić information content (AvgIpc) is 2.43. The molecule has 0 aromatic heterocycles. The molecule has 0 bridgehead atoms. The SMILES string of the molecule is Nc1ccc(Cl)c(S(=O)(=O)Nc2ccc(CCO)cc2)c1. The topological polar surface area (TPSA) is 92.4 Å². The van der Waals surface area contributed by atoms with Crippen LogP contribution in [0.5, 0.6) is 0 Å². The Labute approximate surface area is 128 Å². The molecule has 2 rings (SSSR count). The number of hydrogen-bond acceptors (Lipinski definition) is 4. The van der Waals surface area contributed by atoms with E-state index in [9.17, 15) is 8.42 Å². The van der Waals surface area contributed by atoms with Crippen molar-refractivity contribution in [2.45, 2.75) is 11.3 Å². The van der Waals surface area contributed by atoms with Crippen LogP contribution in [0.4, 0.5) is 11.4 Å². The van der Waals surface area contributed by atoms with Crippen molar-refractivity contribution >= 4 is 33.0 Å². The lowest BCUT2D eigenvalue weighted by Gasteiger charge is -2.10. The molecule has 0 atom stereocenters. The van der Waals surface area contributed by atoms with E-state index in [1.165, 1.54) is 18.2 Å². The van der Waals surface area contributed by atoms with Crippen LogP contribution in [0.2, 0.25) is 5.02 Å². The highest BCUT2D eigenvalue weighted by Gasteiger charge is 2.18. The molecule has 21 heavy (non-hydrogen) atoms. The van der Waals surface area contributed by atoms with Crippen molar-refractivity contribution < 1.29 is 13.5 Å². The molecular weight excluding hydrogens is 312 g/mol. The fourth-order valence-corrected chi connectivity index (χ4v) is 3.40. The van der Waals surface area contributed by atoms with Crippen LogP contribution in [0, 0.1) is 0 Å². The van der Waals surface area contributed by atoms with E-state index in [2.05, 4.69) is 4.72 Å². The summed E-state index contributed by atoms with van der Waals surface area (Å²) < 4.78 is 27.0. The van der Waals surface area contributed by atoms with E-state index in [0.29, 0.717) is 17.8 Å². The summed E-state index contributed by atoms with van der Waals surface area (Å²) in [7, 11) is -3.80. The summed E-state index contributed by atoms with van der Waals surface area (Å²) in [5.41, 5.74) is 7.24. The summed E-state index contributed by atoms with van der Waals surface area (Å²) in [4.78, 5) is -0.0661. The van der Waals surface area contributed by atoms with Gasteiger partial charge in [-0.15, -0.1) is 0 Å². The Morgan fingerprint density at radius 1 is 1.14 bits per heavy atom. The highest BCUT2D eigenvalue weighted by atomic mass is 35.5. The van der Waals surface area contributed by atoms with Crippen molar-refractivity contribution in [3.8, 4) is 0 Å². The molecule has 0 saturated carbocycles. The number of sulfonamides is 1. The number of aliphatic hydroxyl groups is 1. The fraction of sp³-hybridized carbons (Fsp3) is 0.143. The quantitative estimate of drug-likeness (QED) is 0.735. The van der Waals surface area contributed by atoms with Crippen LogP contribution in [0.1, 0.15) is 5.56 Å². The number of benzene rings is 2. The maximum atomic E-state index is 12.3. The van der Waals surface area contributed by atoms with Gasteiger partial charge in [0.05, 0.1) is 5.02 Å². The van der Waals surface area contributed by atoms with Gasteiger partial charge >= 0.3 is 0 Å². The maximum absolute atomic E-state index is 12.3. The van der Waals surface area contributed by atoms with Gasteiger partial charge in [0, 0.05) is 18.0 Å². The Bertz CT molecular complexity index is 730. The number of anilines is 2. The lowest BCUT2D eigenvalue weighted by molar-refractivity contribution is 0.299. The van der Waals surface area contributed by atoms with Gasteiger partial charge in [-0.25, -0.2) is 8.42 Å². The number of rotatable bonds is 5. The molecule has 2 aromatic rings. The highest BCUT2D eigenvalue weighted by molar-refractivity contribution is 7.92. The first-order valence-electron chi connectivity index (χ1n) is 6.20. The van der Waals surface area contributed by atoms with Crippen molar-refractivity contribution in [2.75, 3.05) is 17.1 Å². The van der Waals surface area contributed by atoms with E-state index in [1.54, 1.807) is 24.3 Å². The molecule has 0 radical (unpaired) electrons. The Kier molecular flexibility index (Phi) is 4.72. The first-order chi connectivity index (χ1) is 9.92. The number of aliphatic hydroxyl groups excluding tert-OH is 1. The Morgan fingerprint density at radius 2 is 1.81 bits per heavy atom. The van der Waals surface area contributed by atoms with Crippen LogP contribution in [0.25, 0.3) is 0 Å². The van der Waals surface area contributed by atoms with Gasteiger partial charge in [0.2, 0.25) is 0 Å². The number of halogens is 1. The molecule has 0 heterocycles. The molecule has 0 aliphatic rings. The molecule has 7 heteroatoms. The van der Waals surface area contributed by atoms with Gasteiger partial charge in [-0.1, -0.05) is 23.7 Å². The Balaban J connectivity index is 2.26. The second-order valence-electron chi connectivity index (χ2n) is 4.47. The molecule has 5 nitrogen and oxygen atoms in total. The molecule has 0 spiro atoms. The van der Waals surface area contributed by atoms with Crippen LogP contribution in [-0.4, -0.2) is 20.1 Å². The zero-order valence-electron chi connectivity index (χ0n) is 11.1. The first-order valence-corrected chi connectivity index (χ1v) is 8.06. The lowest BCUT2D eigenvalue weighted by atomic mass is 10.1. The molecule has 0 unspecified atom stereocenters. The summed E-state index contributed by atoms with van der Waals surface area (Å²) in [6.07, 6.45) is 0.522. The maximum Gasteiger partial charge on any atom is 0.263 e. The van der Waals surface area contributed by atoms with E-state index in [-0.39, 0.29) is 16.5 Å². The van der Waals surface area contributed by atoms with Crippen LogP contribution in [0.15, 0.2) is 47.4 Å². The second-order valence-corrected chi connectivity index (χ2v) is 6.52. The minimum atomic E-state index is -3.80. The van der Waals surface area contributed by atoms with Gasteiger partial charge in [-0.3, -0.25) is 4.72 Å². The smallest absolute Gasteiger partial charge is 0.263 e. The number of hydrogen-bond donors (Lipinski definition) is 3. The van der Waals surface area contributed by atoms with E-state index >= 15 is 0 Å². The predicted molar refractivity (Wildman–Crippen MR) is 83.9 cm³/mol. The van der Waals surface area contributed by atoms with Crippen molar-refractivity contribution in [2.24, 2.45) is 0 Å². The summed E-state index contributed by atoms with van der Waals surface area (Å²) in [5.74, 6) is 0. The molecule has 0 amide bonds. The van der Waals surface area contributed by atoms with Crippen molar-refractivity contribution in [1.82, 2.24) is 0 Å². The van der Waals surface area contributed by atoms with Crippen LogP contribution in [0.3, 0.4) is 0 Å². The zero-order valence-corrected chi connectivity index (χ0v) is 12.7. The summed E-state index contributed by atoms with van der Waals surface area (Å²) in [6.45, 7) is 0.0456. The Morgan fingerprint density at radius 3 is 2.43 bits per heavy atom. The van der Waals surface area contributed by atoms with E-state index in [4.69, 9.17) is 22.4 Å². The van der Waals surface area contributed by atoms with E-state index in [0.717, 1.165) is 5.56 Å². The zero-order chi connectivity index (χ0) is 15.5. The third-order valence-corrected chi connectivity index (χ3v) is 4.71. The molecule has 0 aliphatic carbocycles. The molecule has 0 fully saturated rings. The molecular formula is C14H15ClN2O3S. The molecule has 4 N–H and O–H groups in total. The monoisotopic (exact) mass is 326 g/mol. The third-order valence-electron chi connectivity index (χ3n) is 2.85.